The van der Waals surface area contributed by atoms with Gasteiger partial charge in [-0.3, -0.25) is 14.6 Å². The van der Waals surface area contributed by atoms with Crippen LogP contribution in [-0.2, 0) is 4.79 Å². The molecule has 2 heterocycles. The second-order valence-corrected chi connectivity index (χ2v) is 5.29. The van der Waals surface area contributed by atoms with Crippen LogP contribution in [0.15, 0.2) is 12.3 Å². The first-order valence-corrected chi connectivity index (χ1v) is 6.66. The number of aryl methyl sites for hydroxylation is 1. The summed E-state index contributed by atoms with van der Waals surface area (Å²) in [5.41, 5.74) is 7.26. The summed E-state index contributed by atoms with van der Waals surface area (Å²) < 4.78 is 0. The largest absolute Gasteiger partial charge is 0.397 e. The van der Waals surface area contributed by atoms with E-state index in [0.717, 1.165) is 6.42 Å². The molecule has 6 nitrogen and oxygen atoms in total. The molecule has 2 N–H and O–H groups in total. The molecule has 0 aliphatic carbocycles. The van der Waals surface area contributed by atoms with Crippen LogP contribution in [0.5, 0.6) is 0 Å². The Morgan fingerprint density at radius 2 is 2.15 bits per heavy atom. The van der Waals surface area contributed by atoms with E-state index in [1.807, 2.05) is 0 Å². The van der Waals surface area contributed by atoms with Gasteiger partial charge in [0.1, 0.15) is 6.04 Å². The number of nitrogens with two attached hydrogens (primary N) is 1. The lowest BCUT2D eigenvalue weighted by atomic mass is 10.1. The fourth-order valence-electron chi connectivity index (χ4n) is 2.49. The van der Waals surface area contributed by atoms with E-state index in [9.17, 15) is 9.59 Å². The highest BCUT2D eigenvalue weighted by molar-refractivity contribution is 5.99. The molecule has 1 unspecified atom stereocenters. The quantitative estimate of drug-likeness (QED) is 0.860. The van der Waals surface area contributed by atoms with Gasteiger partial charge in [0, 0.05) is 20.6 Å². The van der Waals surface area contributed by atoms with E-state index >= 15 is 0 Å². The van der Waals surface area contributed by atoms with E-state index in [1.165, 1.54) is 11.1 Å². The molecule has 20 heavy (non-hydrogen) atoms. The molecular weight excluding hydrogens is 256 g/mol. The first-order valence-electron chi connectivity index (χ1n) is 6.66. The van der Waals surface area contributed by atoms with Crippen molar-refractivity contribution in [1.82, 2.24) is 14.8 Å². The third kappa shape index (κ3) is 2.59. The van der Waals surface area contributed by atoms with E-state index < -0.39 is 0 Å². The Morgan fingerprint density at radius 3 is 2.80 bits per heavy atom. The topological polar surface area (TPSA) is 79.5 Å². The van der Waals surface area contributed by atoms with Crippen LogP contribution in [-0.4, -0.2) is 53.3 Å². The van der Waals surface area contributed by atoms with Gasteiger partial charge in [0.15, 0.2) is 0 Å². The highest BCUT2D eigenvalue weighted by Gasteiger charge is 2.35. The standard InChI is InChI=1S/C14H20N4O2/c1-9-11(7-10(15)8-16-9)13(19)18-6-4-5-12(18)14(20)17(2)3/h7-8,12H,4-6,15H2,1-3H3. The molecule has 1 saturated heterocycles. The van der Waals surface area contributed by atoms with Crippen LogP contribution < -0.4 is 5.73 Å². The molecule has 2 rings (SSSR count). The number of hydrogen-bond donors (Lipinski definition) is 1. The molecule has 1 fully saturated rings. The summed E-state index contributed by atoms with van der Waals surface area (Å²) >= 11 is 0. The molecule has 1 aromatic rings. The van der Waals surface area contributed by atoms with Gasteiger partial charge in [0.2, 0.25) is 5.91 Å². The van der Waals surface area contributed by atoms with E-state index in [-0.39, 0.29) is 17.9 Å². The van der Waals surface area contributed by atoms with Crippen molar-refractivity contribution in [1.29, 1.82) is 0 Å². The number of likely N-dealkylation sites (tertiary alicyclic amines) is 1. The van der Waals surface area contributed by atoms with Gasteiger partial charge in [-0.15, -0.1) is 0 Å². The van der Waals surface area contributed by atoms with Crippen molar-refractivity contribution >= 4 is 17.5 Å². The predicted molar refractivity (Wildman–Crippen MR) is 76.1 cm³/mol. The average molecular weight is 276 g/mol. The minimum Gasteiger partial charge on any atom is -0.397 e. The summed E-state index contributed by atoms with van der Waals surface area (Å²) in [6.45, 7) is 2.36. The Balaban J connectivity index is 2.28. The molecule has 0 radical (unpaired) electrons. The van der Waals surface area contributed by atoms with Gasteiger partial charge in [-0.2, -0.15) is 0 Å². The lowest BCUT2D eigenvalue weighted by Crippen LogP contribution is -2.45. The van der Waals surface area contributed by atoms with Crippen LogP contribution in [0.2, 0.25) is 0 Å². The number of pyridine rings is 1. The lowest BCUT2D eigenvalue weighted by Gasteiger charge is -2.26. The summed E-state index contributed by atoms with van der Waals surface area (Å²) in [7, 11) is 3.41. The normalized spacial score (nSPS) is 18.1. The Hall–Kier alpha value is -2.11. The van der Waals surface area contributed by atoms with Crippen LogP contribution in [0.4, 0.5) is 5.69 Å². The fourth-order valence-corrected chi connectivity index (χ4v) is 2.49. The highest BCUT2D eigenvalue weighted by atomic mass is 16.2. The summed E-state index contributed by atoms with van der Waals surface area (Å²) in [6, 6.07) is 1.25. The van der Waals surface area contributed by atoms with Crippen molar-refractivity contribution in [2.45, 2.75) is 25.8 Å². The molecule has 1 atom stereocenters. The first-order chi connectivity index (χ1) is 9.41. The number of nitrogens with zero attached hydrogens (tertiary/aromatic N) is 3. The van der Waals surface area contributed by atoms with Gasteiger partial charge in [-0.05, 0) is 25.8 Å². The van der Waals surface area contributed by atoms with Crippen molar-refractivity contribution in [3.63, 3.8) is 0 Å². The zero-order valence-corrected chi connectivity index (χ0v) is 12.1. The molecule has 1 aromatic heterocycles. The van der Waals surface area contributed by atoms with Gasteiger partial charge in [-0.25, -0.2) is 0 Å². The molecule has 1 aliphatic heterocycles. The molecule has 0 bridgehead atoms. The lowest BCUT2D eigenvalue weighted by molar-refractivity contribution is -0.132. The number of likely N-dealkylation sites (N-methyl/N-ethyl adjacent to an activating group) is 1. The number of anilines is 1. The van der Waals surface area contributed by atoms with E-state index in [0.29, 0.717) is 29.9 Å². The third-order valence-corrected chi connectivity index (χ3v) is 3.58. The van der Waals surface area contributed by atoms with Gasteiger partial charge in [0.25, 0.3) is 5.91 Å². The number of aromatic nitrogens is 1. The fraction of sp³-hybridized carbons (Fsp3) is 0.500. The predicted octanol–water partition coefficient (Wildman–Crippen LogP) is 0.665. The zero-order valence-electron chi connectivity index (χ0n) is 12.1. The molecule has 1 aliphatic rings. The second-order valence-electron chi connectivity index (χ2n) is 5.29. The van der Waals surface area contributed by atoms with Crippen LogP contribution in [0.3, 0.4) is 0 Å². The van der Waals surface area contributed by atoms with Gasteiger partial charge in [-0.1, -0.05) is 0 Å². The molecule has 6 heteroatoms. The van der Waals surface area contributed by atoms with E-state index in [4.69, 9.17) is 5.73 Å². The molecule has 2 amide bonds. The van der Waals surface area contributed by atoms with Crippen LogP contribution in [0.25, 0.3) is 0 Å². The van der Waals surface area contributed by atoms with Crippen molar-refractivity contribution in [3.8, 4) is 0 Å². The maximum Gasteiger partial charge on any atom is 0.256 e. The Kier molecular flexibility index (Phi) is 3.92. The van der Waals surface area contributed by atoms with Crippen molar-refractivity contribution < 1.29 is 9.59 Å². The minimum atomic E-state index is -0.377. The highest BCUT2D eigenvalue weighted by Crippen LogP contribution is 2.23. The molecular formula is C14H20N4O2. The van der Waals surface area contributed by atoms with Crippen LogP contribution in [0.1, 0.15) is 28.9 Å². The molecule has 108 valence electrons. The Morgan fingerprint density at radius 1 is 1.45 bits per heavy atom. The number of carbonyl (C=O) groups excluding carboxylic acids is 2. The van der Waals surface area contributed by atoms with E-state index in [1.54, 1.807) is 32.0 Å². The van der Waals surface area contributed by atoms with Crippen LogP contribution in [0, 0.1) is 6.92 Å². The Labute approximate surface area is 118 Å². The summed E-state index contributed by atoms with van der Waals surface area (Å²) in [5.74, 6) is -0.203. The second kappa shape index (κ2) is 5.48. The molecule has 0 aromatic carbocycles. The van der Waals surface area contributed by atoms with Crippen molar-refractivity contribution in [2.24, 2.45) is 0 Å². The van der Waals surface area contributed by atoms with Crippen molar-refractivity contribution in [2.75, 3.05) is 26.4 Å². The summed E-state index contributed by atoms with van der Waals surface area (Å²) in [5, 5.41) is 0. The summed E-state index contributed by atoms with van der Waals surface area (Å²) in [4.78, 5) is 32.0. The number of hydrogen-bond acceptors (Lipinski definition) is 4. The number of nitrogen functional groups attached to an aromatic ring is 1. The number of rotatable bonds is 2. The van der Waals surface area contributed by atoms with Crippen molar-refractivity contribution in [3.05, 3.63) is 23.5 Å². The SMILES string of the molecule is Cc1ncc(N)cc1C(=O)N1CCCC1C(=O)N(C)C. The smallest absolute Gasteiger partial charge is 0.256 e. The van der Waals surface area contributed by atoms with Gasteiger partial charge >= 0.3 is 0 Å². The Bertz CT molecular complexity index is 542. The van der Waals surface area contributed by atoms with E-state index in [2.05, 4.69) is 4.98 Å². The third-order valence-electron chi connectivity index (χ3n) is 3.58. The average Bonchev–Trinajstić information content (AvgIpc) is 2.88. The molecule has 0 saturated carbocycles. The minimum absolute atomic E-state index is 0.0367. The monoisotopic (exact) mass is 276 g/mol. The van der Waals surface area contributed by atoms with Gasteiger partial charge < -0.3 is 15.5 Å². The van der Waals surface area contributed by atoms with Crippen LogP contribution >= 0.6 is 0 Å². The first kappa shape index (κ1) is 14.3. The zero-order chi connectivity index (χ0) is 14.9. The maximum absolute atomic E-state index is 12.6. The van der Waals surface area contributed by atoms with Gasteiger partial charge in [0.05, 0.1) is 23.1 Å². The maximum atomic E-state index is 12.6. The number of carbonyl (C=O) groups is 2. The molecule has 0 spiro atoms. The summed E-state index contributed by atoms with van der Waals surface area (Å²) in [6.07, 6.45) is 3.07. The number of amides is 2.